The van der Waals surface area contributed by atoms with Gasteiger partial charge in [0.1, 0.15) is 12.2 Å². The van der Waals surface area contributed by atoms with Crippen molar-refractivity contribution in [3.63, 3.8) is 0 Å². The fourth-order valence-corrected chi connectivity index (χ4v) is 1.98. The van der Waals surface area contributed by atoms with Gasteiger partial charge in [-0.15, -0.1) is 0 Å². The van der Waals surface area contributed by atoms with E-state index in [1.165, 1.54) is 12.8 Å². The molecule has 20 heavy (non-hydrogen) atoms. The minimum absolute atomic E-state index is 0.659. The molecular formula is C14H28N6. The molecule has 0 aromatic carbocycles. The molecule has 0 bridgehead atoms. The van der Waals surface area contributed by atoms with Crippen LogP contribution in [0, 0.1) is 5.92 Å². The number of rotatable bonds is 7. The molecule has 0 aliphatic rings. The highest BCUT2D eigenvalue weighted by atomic mass is 15.4. The Labute approximate surface area is 122 Å². The summed E-state index contributed by atoms with van der Waals surface area (Å²) >= 11 is 0. The standard InChI is InChI=1S/C14H28N6/c1-6-12(7-2)9-16-14(15-8-3)19(4)10-13-17-11-18-20(13)5/h11-12H,6-10H2,1-5H3,(H,15,16). The van der Waals surface area contributed by atoms with Crippen LogP contribution in [0.25, 0.3) is 0 Å². The highest BCUT2D eigenvalue weighted by molar-refractivity contribution is 5.79. The van der Waals surface area contributed by atoms with Crippen molar-refractivity contribution in [3.05, 3.63) is 12.2 Å². The van der Waals surface area contributed by atoms with Gasteiger partial charge in [0.2, 0.25) is 0 Å². The zero-order chi connectivity index (χ0) is 15.0. The van der Waals surface area contributed by atoms with Crippen molar-refractivity contribution in [3.8, 4) is 0 Å². The Kier molecular flexibility index (Phi) is 7.04. The van der Waals surface area contributed by atoms with Crippen molar-refractivity contribution in [2.24, 2.45) is 18.0 Å². The fourth-order valence-electron chi connectivity index (χ4n) is 1.98. The highest BCUT2D eigenvalue weighted by Crippen LogP contribution is 2.08. The molecule has 0 saturated carbocycles. The van der Waals surface area contributed by atoms with Crippen molar-refractivity contribution >= 4 is 5.96 Å². The van der Waals surface area contributed by atoms with Crippen LogP contribution >= 0.6 is 0 Å². The van der Waals surface area contributed by atoms with Crippen molar-refractivity contribution in [2.45, 2.75) is 40.2 Å². The van der Waals surface area contributed by atoms with E-state index in [1.54, 1.807) is 11.0 Å². The maximum absolute atomic E-state index is 4.74. The van der Waals surface area contributed by atoms with E-state index in [4.69, 9.17) is 4.99 Å². The number of aromatic nitrogens is 3. The van der Waals surface area contributed by atoms with Crippen molar-refractivity contribution in [2.75, 3.05) is 20.1 Å². The molecule has 6 heteroatoms. The van der Waals surface area contributed by atoms with Gasteiger partial charge >= 0.3 is 0 Å². The summed E-state index contributed by atoms with van der Waals surface area (Å²) in [6.07, 6.45) is 3.93. The molecule has 1 aromatic rings. The SMILES string of the molecule is CCNC(=NCC(CC)CC)N(C)Cc1ncnn1C. The largest absolute Gasteiger partial charge is 0.357 e. The monoisotopic (exact) mass is 280 g/mol. The zero-order valence-electron chi connectivity index (χ0n) is 13.4. The van der Waals surface area contributed by atoms with E-state index in [-0.39, 0.29) is 0 Å². The van der Waals surface area contributed by atoms with E-state index in [2.05, 4.69) is 41.1 Å². The zero-order valence-corrected chi connectivity index (χ0v) is 13.4. The first kappa shape index (κ1) is 16.5. The lowest BCUT2D eigenvalue weighted by atomic mass is 10.0. The molecule has 1 heterocycles. The van der Waals surface area contributed by atoms with Crippen LogP contribution in [0.5, 0.6) is 0 Å². The lowest BCUT2D eigenvalue weighted by Crippen LogP contribution is -2.39. The van der Waals surface area contributed by atoms with Gasteiger partial charge in [-0.25, -0.2) is 4.98 Å². The van der Waals surface area contributed by atoms with Gasteiger partial charge < -0.3 is 10.2 Å². The van der Waals surface area contributed by atoms with Gasteiger partial charge in [-0.2, -0.15) is 5.10 Å². The number of nitrogens with zero attached hydrogens (tertiary/aromatic N) is 5. The quantitative estimate of drug-likeness (QED) is 0.609. The minimum Gasteiger partial charge on any atom is -0.357 e. The van der Waals surface area contributed by atoms with E-state index in [0.29, 0.717) is 12.5 Å². The predicted molar refractivity (Wildman–Crippen MR) is 82.5 cm³/mol. The van der Waals surface area contributed by atoms with Crippen LogP contribution in [0.2, 0.25) is 0 Å². The number of hydrogen-bond donors (Lipinski definition) is 1. The molecule has 1 aromatic heterocycles. The van der Waals surface area contributed by atoms with Gasteiger partial charge in [0.25, 0.3) is 0 Å². The molecular weight excluding hydrogens is 252 g/mol. The van der Waals surface area contributed by atoms with Gasteiger partial charge in [0.05, 0.1) is 6.54 Å². The molecule has 0 aliphatic carbocycles. The van der Waals surface area contributed by atoms with E-state index in [9.17, 15) is 0 Å². The molecule has 0 aliphatic heterocycles. The lowest BCUT2D eigenvalue weighted by Gasteiger charge is -2.22. The topological polar surface area (TPSA) is 58.3 Å². The maximum atomic E-state index is 4.74. The van der Waals surface area contributed by atoms with Gasteiger partial charge in [-0.1, -0.05) is 26.7 Å². The van der Waals surface area contributed by atoms with Gasteiger partial charge in [0.15, 0.2) is 5.96 Å². The first-order chi connectivity index (χ1) is 9.62. The number of aryl methyl sites for hydroxylation is 1. The number of guanidine groups is 1. The van der Waals surface area contributed by atoms with Crippen LogP contribution < -0.4 is 5.32 Å². The fraction of sp³-hybridized carbons (Fsp3) is 0.786. The molecule has 0 radical (unpaired) electrons. The molecule has 0 spiro atoms. The van der Waals surface area contributed by atoms with E-state index < -0.39 is 0 Å². The molecule has 0 saturated heterocycles. The first-order valence-electron chi connectivity index (χ1n) is 7.44. The van der Waals surface area contributed by atoms with Crippen molar-refractivity contribution in [1.82, 2.24) is 25.0 Å². The highest BCUT2D eigenvalue weighted by Gasteiger charge is 2.10. The summed E-state index contributed by atoms with van der Waals surface area (Å²) in [7, 11) is 3.94. The summed E-state index contributed by atoms with van der Waals surface area (Å²) in [5.41, 5.74) is 0. The van der Waals surface area contributed by atoms with Gasteiger partial charge in [-0.3, -0.25) is 9.67 Å². The minimum atomic E-state index is 0.659. The van der Waals surface area contributed by atoms with Crippen LogP contribution in [0.3, 0.4) is 0 Å². The Morgan fingerprint density at radius 3 is 2.60 bits per heavy atom. The Morgan fingerprint density at radius 1 is 1.40 bits per heavy atom. The molecule has 1 N–H and O–H groups in total. The molecule has 0 fully saturated rings. The summed E-state index contributed by atoms with van der Waals surface area (Å²) in [5.74, 6) is 2.52. The lowest BCUT2D eigenvalue weighted by molar-refractivity contribution is 0.440. The van der Waals surface area contributed by atoms with Gasteiger partial charge in [-0.05, 0) is 12.8 Å². The van der Waals surface area contributed by atoms with Crippen molar-refractivity contribution in [1.29, 1.82) is 0 Å². The normalized spacial score (nSPS) is 12.0. The average Bonchev–Trinajstić information content (AvgIpc) is 2.84. The molecule has 0 unspecified atom stereocenters. The average molecular weight is 280 g/mol. The van der Waals surface area contributed by atoms with Crippen molar-refractivity contribution < 1.29 is 0 Å². The van der Waals surface area contributed by atoms with E-state index in [1.807, 2.05) is 14.1 Å². The second kappa shape index (κ2) is 8.55. The third-order valence-corrected chi connectivity index (χ3v) is 3.53. The number of hydrogen-bond acceptors (Lipinski definition) is 3. The molecule has 1 rings (SSSR count). The third kappa shape index (κ3) is 4.83. The maximum Gasteiger partial charge on any atom is 0.194 e. The van der Waals surface area contributed by atoms with Crippen LogP contribution in [-0.4, -0.2) is 45.8 Å². The number of nitrogens with one attached hydrogen (secondary N) is 1. The van der Waals surface area contributed by atoms with Gasteiger partial charge in [0, 0.05) is 27.2 Å². The summed E-state index contributed by atoms with van der Waals surface area (Å²) in [4.78, 5) is 11.1. The summed E-state index contributed by atoms with van der Waals surface area (Å²) < 4.78 is 1.79. The summed E-state index contributed by atoms with van der Waals surface area (Å²) in [5, 5.41) is 7.43. The summed E-state index contributed by atoms with van der Waals surface area (Å²) in [6.45, 7) is 8.97. The Morgan fingerprint density at radius 2 is 2.10 bits per heavy atom. The Bertz CT molecular complexity index is 408. The first-order valence-corrected chi connectivity index (χ1v) is 7.44. The summed E-state index contributed by atoms with van der Waals surface area (Å²) in [6, 6.07) is 0. The smallest absolute Gasteiger partial charge is 0.194 e. The molecule has 114 valence electrons. The molecule has 0 amide bonds. The van der Waals surface area contributed by atoms with Crippen LogP contribution in [0.15, 0.2) is 11.3 Å². The van der Waals surface area contributed by atoms with E-state index >= 15 is 0 Å². The molecule has 6 nitrogen and oxygen atoms in total. The van der Waals surface area contributed by atoms with Crippen LogP contribution in [0.4, 0.5) is 0 Å². The Balaban J connectivity index is 2.68. The predicted octanol–water partition coefficient (Wildman–Crippen LogP) is 1.65. The van der Waals surface area contributed by atoms with E-state index in [0.717, 1.165) is 24.9 Å². The molecule has 0 atom stereocenters. The second-order valence-electron chi connectivity index (χ2n) is 5.03. The van der Waals surface area contributed by atoms with Crippen LogP contribution in [0.1, 0.15) is 39.4 Å². The number of aliphatic imine (C=N–C) groups is 1. The second-order valence-corrected chi connectivity index (χ2v) is 5.03. The van der Waals surface area contributed by atoms with Crippen LogP contribution in [-0.2, 0) is 13.6 Å². The Hall–Kier alpha value is -1.59. The third-order valence-electron chi connectivity index (χ3n) is 3.53.